The first-order valence-electron chi connectivity index (χ1n) is 5.34. The van der Waals surface area contributed by atoms with Gasteiger partial charge in [-0.3, -0.25) is 0 Å². The Bertz CT molecular complexity index is 698. The molecule has 1 aromatic carbocycles. The molecule has 0 unspecified atom stereocenters. The van der Waals surface area contributed by atoms with Crippen molar-refractivity contribution in [2.45, 2.75) is 18.4 Å². The average molecular weight is 362 g/mol. The van der Waals surface area contributed by atoms with Crippen LogP contribution in [0.1, 0.15) is 10.7 Å². The summed E-state index contributed by atoms with van der Waals surface area (Å²) >= 11 is 4.71. The number of nitrogens with one attached hydrogen (secondary N) is 1. The van der Waals surface area contributed by atoms with E-state index in [1.54, 1.807) is 6.07 Å². The Morgan fingerprint density at radius 2 is 2.21 bits per heavy atom. The van der Waals surface area contributed by atoms with Crippen LogP contribution in [0.3, 0.4) is 0 Å². The van der Waals surface area contributed by atoms with Gasteiger partial charge in [0.25, 0.3) is 0 Å². The van der Waals surface area contributed by atoms with Crippen molar-refractivity contribution in [3.05, 3.63) is 38.8 Å². The number of anilines is 1. The first kappa shape index (κ1) is 14.4. The zero-order valence-corrected chi connectivity index (χ0v) is 13.3. The molecule has 3 N–H and O–H groups in total. The normalized spacial score (nSPS) is 11.7. The average Bonchev–Trinajstić information content (AvgIpc) is 2.76. The van der Waals surface area contributed by atoms with E-state index in [9.17, 15) is 8.42 Å². The minimum atomic E-state index is -3.57. The van der Waals surface area contributed by atoms with Crippen molar-refractivity contribution in [3.8, 4) is 0 Å². The molecule has 0 bridgehead atoms. The van der Waals surface area contributed by atoms with Crippen molar-refractivity contribution in [1.29, 1.82) is 0 Å². The van der Waals surface area contributed by atoms with Crippen LogP contribution < -0.4 is 10.5 Å². The Labute approximate surface area is 124 Å². The molecule has 0 aliphatic rings. The molecule has 1 heterocycles. The van der Waals surface area contributed by atoms with Crippen molar-refractivity contribution < 1.29 is 8.42 Å². The molecular formula is C11H12BrN3O2S2. The van der Waals surface area contributed by atoms with Gasteiger partial charge in [0.15, 0.2) is 0 Å². The van der Waals surface area contributed by atoms with Gasteiger partial charge < -0.3 is 5.73 Å². The van der Waals surface area contributed by atoms with Crippen molar-refractivity contribution in [3.63, 3.8) is 0 Å². The number of aryl methyl sites for hydroxylation is 1. The van der Waals surface area contributed by atoms with Crippen LogP contribution in [0, 0.1) is 6.92 Å². The molecular weight excluding hydrogens is 350 g/mol. The number of nitrogens with zero attached hydrogens (tertiary/aromatic N) is 1. The summed E-state index contributed by atoms with van der Waals surface area (Å²) in [5, 5.41) is 2.73. The molecule has 0 saturated heterocycles. The fourth-order valence-electron chi connectivity index (χ4n) is 1.43. The molecule has 0 aliphatic heterocycles. The highest BCUT2D eigenvalue weighted by atomic mass is 79.9. The Hall–Kier alpha value is -0.960. The lowest BCUT2D eigenvalue weighted by Gasteiger charge is -2.07. The fourth-order valence-corrected chi connectivity index (χ4v) is 3.32. The van der Waals surface area contributed by atoms with Gasteiger partial charge in [-0.1, -0.05) is 0 Å². The van der Waals surface area contributed by atoms with Crippen molar-refractivity contribution in [2.24, 2.45) is 0 Å². The molecule has 8 heteroatoms. The van der Waals surface area contributed by atoms with E-state index < -0.39 is 10.0 Å². The standard InChI is InChI=1S/C11H12BrN3O2S2/c1-7-15-8(6-18-7)5-14-19(16,17)9-2-3-10(12)11(13)4-9/h2-4,6,14H,5,13H2,1H3. The second-order valence-electron chi connectivity index (χ2n) is 3.87. The van der Waals surface area contributed by atoms with E-state index in [1.165, 1.54) is 23.5 Å². The molecule has 1 aromatic heterocycles. The third kappa shape index (κ3) is 3.53. The third-order valence-corrected chi connectivity index (χ3v) is 5.33. The minimum absolute atomic E-state index is 0.139. The largest absolute Gasteiger partial charge is 0.398 e. The number of benzene rings is 1. The number of halogens is 1. The molecule has 0 amide bonds. The second kappa shape index (κ2) is 5.58. The monoisotopic (exact) mass is 361 g/mol. The molecule has 2 rings (SSSR count). The van der Waals surface area contributed by atoms with Gasteiger partial charge in [0.2, 0.25) is 10.0 Å². The maximum atomic E-state index is 12.1. The summed E-state index contributed by atoms with van der Waals surface area (Å²) in [5.41, 5.74) is 6.76. The highest BCUT2D eigenvalue weighted by molar-refractivity contribution is 9.10. The lowest BCUT2D eigenvalue weighted by Crippen LogP contribution is -2.23. The number of hydrogen-bond acceptors (Lipinski definition) is 5. The van der Waals surface area contributed by atoms with Crippen LogP contribution in [0.25, 0.3) is 0 Å². The topological polar surface area (TPSA) is 85.1 Å². The van der Waals surface area contributed by atoms with Crippen LogP contribution in [0.2, 0.25) is 0 Å². The van der Waals surface area contributed by atoms with Crippen molar-refractivity contribution in [1.82, 2.24) is 9.71 Å². The van der Waals surface area contributed by atoms with Gasteiger partial charge in [0.05, 0.1) is 22.1 Å². The van der Waals surface area contributed by atoms with Gasteiger partial charge in [-0.25, -0.2) is 18.1 Å². The molecule has 0 radical (unpaired) electrons. The first-order valence-corrected chi connectivity index (χ1v) is 8.50. The summed E-state index contributed by atoms with van der Waals surface area (Å²) in [6, 6.07) is 4.52. The van der Waals surface area contributed by atoms with E-state index in [0.29, 0.717) is 15.9 Å². The molecule has 102 valence electrons. The maximum Gasteiger partial charge on any atom is 0.240 e. The van der Waals surface area contributed by atoms with E-state index >= 15 is 0 Å². The number of aromatic nitrogens is 1. The highest BCUT2D eigenvalue weighted by Crippen LogP contribution is 2.22. The lowest BCUT2D eigenvalue weighted by atomic mass is 10.3. The Balaban J connectivity index is 2.16. The number of hydrogen-bond donors (Lipinski definition) is 2. The number of nitrogen functional groups attached to an aromatic ring is 1. The number of nitrogens with two attached hydrogens (primary N) is 1. The van der Waals surface area contributed by atoms with Gasteiger partial charge >= 0.3 is 0 Å². The number of sulfonamides is 1. The number of thiazole rings is 1. The summed E-state index contributed by atoms with van der Waals surface area (Å²) in [7, 11) is -3.57. The Morgan fingerprint density at radius 3 is 2.79 bits per heavy atom. The van der Waals surface area contributed by atoms with E-state index in [1.807, 2.05) is 12.3 Å². The van der Waals surface area contributed by atoms with E-state index in [0.717, 1.165) is 5.01 Å². The maximum absolute atomic E-state index is 12.1. The van der Waals surface area contributed by atoms with Crippen LogP contribution in [-0.4, -0.2) is 13.4 Å². The van der Waals surface area contributed by atoms with E-state index in [4.69, 9.17) is 5.73 Å². The predicted octanol–water partition coefficient (Wildman–Crippen LogP) is 2.27. The highest BCUT2D eigenvalue weighted by Gasteiger charge is 2.15. The fraction of sp³-hybridized carbons (Fsp3) is 0.182. The smallest absolute Gasteiger partial charge is 0.240 e. The van der Waals surface area contributed by atoms with Crippen LogP contribution >= 0.6 is 27.3 Å². The molecule has 0 fully saturated rings. The quantitative estimate of drug-likeness (QED) is 0.818. The molecule has 0 atom stereocenters. The third-order valence-electron chi connectivity index (χ3n) is 2.39. The summed E-state index contributed by atoms with van der Waals surface area (Å²) < 4.78 is 27.3. The van der Waals surface area contributed by atoms with Gasteiger partial charge in [0.1, 0.15) is 0 Å². The van der Waals surface area contributed by atoms with Gasteiger partial charge in [0, 0.05) is 15.5 Å². The zero-order valence-electron chi connectivity index (χ0n) is 10.1. The molecule has 0 saturated carbocycles. The molecule has 19 heavy (non-hydrogen) atoms. The summed E-state index contributed by atoms with van der Waals surface area (Å²) in [5.74, 6) is 0. The van der Waals surface area contributed by atoms with Crippen molar-refractivity contribution >= 4 is 43.0 Å². The predicted molar refractivity (Wildman–Crippen MR) is 79.4 cm³/mol. The second-order valence-corrected chi connectivity index (χ2v) is 7.55. The Kier molecular flexibility index (Phi) is 4.24. The van der Waals surface area contributed by atoms with E-state index in [-0.39, 0.29) is 11.4 Å². The molecule has 5 nitrogen and oxygen atoms in total. The SMILES string of the molecule is Cc1nc(CNS(=O)(=O)c2ccc(Br)c(N)c2)cs1. The molecule has 2 aromatic rings. The minimum Gasteiger partial charge on any atom is -0.398 e. The van der Waals surface area contributed by atoms with Crippen LogP contribution in [-0.2, 0) is 16.6 Å². The summed E-state index contributed by atoms with van der Waals surface area (Å²) in [6.45, 7) is 2.04. The first-order chi connectivity index (χ1) is 8.88. The van der Waals surface area contributed by atoms with Gasteiger partial charge in [-0.2, -0.15) is 0 Å². The van der Waals surface area contributed by atoms with E-state index in [2.05, 4.69) is 25.6 Å². The summed E-state index contributed by atoms with van der Waals surface area (Å²) in [6.07, 6.45) is 0. The van der Waals surface area contributed by atoms with Gasteiger partial charge in [-0.15, -0.1) is 11.3 Å². The number of rotatable bonds is 4. The molecule has 0 spiro atoms. The van der Waals surface area contributed by atoms with Crippen LogP contribution in [0.15, 0.2) is 32.9 Å². The lowest BCUT2D eigenvalue weighted by molar-refractivity contribution is 0.580. The van der Waals surface area contributed by atoms with Crippen molar-refractivity contribution in [2.75, 3.05) is 5.73 Å². The zero-order chi connectivity index (χ0) is 14.0. The van der Waals surface area contributed by atoms with Crippen LogP contribution in [0.5, 0.6) is 0 Å². The molecule has 0 aliphatic carbocycles. The summed E-state index contributed by atoms with van der Waals surface area (Å²) in [4.78, 5) is 4.34. The van der Waals surface area contributed by atoms with Crippen LogP contribution in [0.4, 0.5) is 5.69 Å². The Morgan fingerprint density at radius 1 is 1.47 bits per heavy atom. The van der Waals surface area contributed by atoms with Gasteiger partial charge in [-0.05, 0) is 41.1 Å².